The maximum Gasteiger partial charge on any atom is 0.404 e. The molecule has 0 spiro atoms. The van der Waals surface area contributed by atoms with Gasteiger partial charge in [0.15, 0.2) is 0 Å². The van der Waals surface area contributed by atoms with Gasteiger partial charge in [-0.25, -0.2) is 4.79 Å². The topological polar surface area (TPSA) is 76.4 Å². The highest BCUT2D eigenvalue weighted by Crippen LogP contribution is 1.74. The van der Waals surface area contributed by atoms with Gasteiger partial charge in [0.2, 0.25) is 0 Å². The molecule has 0 aromatic carbocycles. The zero-order valence-corrected chi connectivity index (χ0v) is 8.30. The highest BCUT2D eigenvalue weighted by Gasteiger charge is 1.93. The smallest absolute Gasteiger partial charge is 0.404 e. The first-order chi connectivity index (χ1) is 6.13. The van der Waals surface area contributed by atoms with Crippen LogP contribution >= 0.6 is 0 Å². The summed E-state index contributed by atoms with van der Waals surface area (Å²) in [5.74, 6) is 0. The van der Waals surface area contributed by atoms with E-state index in [2.05, 4.69) is 29.2 Å². The molecule has 0 saturated heterocycles. The number of nitrogens with one attached hydrogen (secondary N) is 2. The van der Waals surface area contributed by atoms with E-state index in [0.29, 0.717) is 19.2 Å². The van der Waals surface area contributed by atoms with Crippen LogP contribution in [0.25, 0.3) is 0 Å². The van der Waals surface area contributed by atoms with Gasteiger partial charge in [0, 0.05) is 25.7 Å². The molecule has 0 unspecified atom stereocenters. The molecular formula is C8H19N3O2. The Bertz CT molecular complexity index is 139. The molecule has 0 atom stereocenters. The molecule has 5 heteroatoms. The normalized spacial score (nSPS) is 10.4. The summed E-state index contributed by atoms with van der Waals surface area (Å²) < 4.78 is 4.53. The second kappa shape index (κ2) is 7.82. The molecule has 0 aliphatic rings. The van der Waals surface area contributed by atoms with Crippen molar-refractivity contribution in [3.8, 4) is 0 Å². The largest absolute Gasteiger partial charge is 0.448 e. The molecule has 0 saturated carbocycles. The second-order valence-electron chi connectivity index (χ2n) is 3.03. The Balaban J connectivity index is 2.96. The lowest BCUT2D eigenvalue weighted by Gasteiger charge is -2.08. The van der Waals surface area contributed by atoms with Gasteiger partial charge in [-0.15, -0.1) is 0 Å². The number of hydrogen-bond acceptors (Lipinski definition) is 4. The first-order valence-corrected chi connectivity index (χ1v) is 4.49. The lowest BCUT2D eigenvalue weighted by molar-refractivity contribution is 0.157. The molecule has 4 N–H and O–H groups in total. The average Bonchev–Trinajstić information content (AvgIpc) is 2.01. The zero-order chi connectivity index (χ0) is 10.1. The fourth-order valence-electron chi connectivity index (χ4n) is 0.798. The molecule has 0 aliphatic carbocycles. The molecule has 0 rings (SSSR count). The second-order valence-corrected chi connectivity index (χ2v) is 3.03. The van der Waals surface area contributed by atoms with E-state index in [-0.39, 0.29) is 0 Å². The zero-order valence-electron chi connectivity index (χ0n) is 8.30. The van der Waals surface area contributed by atoms with E-state index in [0.717, 1.165) is 13.1 Å². The summed E-state index contributed by atoms with van der Waals surface area (Å²) in [6.45, 7) is 6.93. The van der Waals surface area contributed by atoms with Crippen LogP contribution in [0.15, 0.2) is 0 Å². The van der Waals surface area contributed by atoms with Gasteiger partial charge in [-0.3, -0.25) is 0 Å². The molecule has 0 bridgehead atoms. The highest BCUT2D eigenvalue weighted by atomic mass is 16.5. The van der Waals surface area contributed by atoms with Crippen LogP contribution < -0.4 is 16.4 Å². The van der Waals surface area contributed by atoms with E-state index in [1.165, 1.54) is 0 Å². The van der Waals surface area contributed by atoms with Crippen LogP contribution in [-0.4, -0.2) is 38.4 Å². The summed E-state index contributed by atoms with van der Waals surface area (Å²) in [5, 5.41) is 6.35. The molecule has 13 heavy (non-hydrogen) atoms. The van der Waals surface area contributed by atoms with Crippen LogP contribution in [0.4, 0.5) is 4.79 Å². The number of carbonyl (C=O) groups is 1. The van der Waals surface area contributed by atoms with Crippen molar-refractivity contribution >= 4 is 6.09 Å². The fourth-order valence-corrected chi connectivity index (χ4v) is 0.798. The molecule has 78 valence electrons. The third-order valence-electron chi connectivity index (χ3n) is 1.38. The SMILES string of the molecule is CC(C)NCCNCCOC(N)=O. The molecule has 0 heterocycles. The summed E-state index contributed by atoms with van der Waals surface area (Å²) in [5.41, 5.74) is 4.77. The van der Waals surface area contributed by atoms with Gasteiger partial charge in [0.05, 0.1) is 0 Å². The molecule has 0 aromatic rings. The number of ether oxygens (including phenoxy) is 1. The van der Waals surface area contributed by atoms with Gasteiger partial charge in [-0.2, -0.15) is 0 Å². The third-order valence-corrected chi connectivity index (χ3v) is 1.38. The Morgan fingerprint density at radius 2 is 2.08 bits per heavy atom. The summed E-state index contributed by atoms with van der Waals surface area (Å²) in [6, 6.07) is 0.503. The minimum Gasteiger partial charge on any atom is -0.448 e. The molecule has 1 amide bonds. The standard InChI is InChI=1S/C8H19N3O2/c1-7(2)11-4-3-10-5-6-13-8(9)12/h7,10-11H,3-6H2,1-2H3,(H2,9,12). The van der Waals surface area contributed by atoms with Gasteiger partial charge in [-0.05, 0) is 0 Å². The third kappa shape index (κ3) is 11.2. The lowest BCUT2D eigenvalue weighted by Crippen LogP contribution is -2.33. The van der Waals surface area contributed by atoms with Crippen molar-refractivity contribution in [1.29, 1.82) is 0 Å². The predicted octanol–water partition coefficient (Wildman–Crippen LogP) is -0.331. The van der Waals surface area contributed by atoms with E-state index >= 15 is 0 Å². The van der Waals surface area contributed by atoms with E-state index in [1.807, 2.05) is 0 Å². The minimum atomic E-state index is -0.720. The number of amides is 1. The Morgan fingerprint density at radius 3 is 2.62 bits per heavy atom. The molecule has 0 fully saturated rings. The van der Waals surface area contributed by atoms with Gasteiger partial charge >= 0.3 is 6.09 Å². The van der Waals surface area contributed by atoms with Gasteiger partial charge in [0.25, 0.3) is 0 Å². The monoisotopic (exact) mass is 189 g/mol. The average molecular weight is 189 g/mol. The maximum absolute atomic E-state index is 10.1. The minimum absolute atomic E-state index is 0.330. The van der Waals surface area contributed by atoms with E-state index in [9.17, 15) is 4.79 Å². The van der Waals surface area contributed by atoms with E-state index < -0.39 is 6.09 Å². The Labute approximate surface area is 79.0 Å². The molecule has 5 nitrogen and oxygen atoms in total. The Morgan fingerprint density at radius 1 is 1.38 bits per heavy atom. The quantitative estimate of drug-likeness (QED) is 0.479. The summed E-state index contributed by atoms with van der Waals surface area (Å²) in [6.07, 6.45) is -0.720. The summed E-state index contributed by atoms with van der Waals surface area (Å²) >= 11 is 0. The van der Waals surface area contributed by atoms with Crippen LogP contribution in [0.2, 0.25) is 0 Å². The van der Waals surface area contributed by atoms with Crippen LogP contribution in [0.5, 0.6) is 0 Å². The van der Waals surface area contributed by atoms with Gasteiger partial charge < -0.3 is 21.1 Å². The Kier molecular flexibility index (Phi) is 7.33. The van der Waals surface area contributed by atoms with Crippen LogP contribution in [0, 0.1) is 0 Å². The number of rotatable bonds is 7. The van der Waals surface area contributed by atoms with Gasteiger partial charge in [0.1, 0.15) is 6.61 Å². The number of primary amides is 1. The van der Waals surface area contributed by atoms with Crippen molar-refractivity contribution in [3.63, 3.8) is 0 Å². The summed E-state index contributed by atoms with van der Waals surface area (Å²) in [4.78, 5) is 10.1. The first kappa shape index (κ1) is 12.2. The van der Waals surface area contributed by atoms with Crippen molar-refractivity contribution in [2.45, 2.75) is 19.9 Å². The highest BCUT2D eigenvalue weighted by molar-refractivity contribution is 5.64. The van der Waals surface area contributed by atoms with Crippen molar-refractivity contribution in [3.05, 3.63) is 0 Å². The van der Waals surface area contributed by atoms with Crippen molar-refractivity contribution in [1.82, 2.24) is 10.6 Å². The van der Waals surface area contributed by atoms with Gasteiger partial charge in [-0.1, -0.05) is 13.8 Å². The Hall–Kier alpha value is -0.810. The van der Waals surface area contributed by atoms with Crippen LogP contribution in [0.1, 0.15) is 13.8 Å². The van der Waals surface area contributed by atoms with E-state index in [4.69, 9.17) is 5.73 Å². The maximum atomic E-state index is 10.1. The number of carbonyl (C=O) groups excluding carboxylic acids is 1. The fraction of sp³-hybridized carbons (Fsp3) is 0.875. The predicted molar refractivity (Wildman–Crippen MR) is 51.5 cm³/mol. The van der Waals surface area contributed by atoms with Crippen LogP contribution in [0.3, 0.4) is 0 Å². The van der Waals surface area contributed by atoms with Crippen molar-refractivity contribution < 1.29 is 9.53 Å². The van der Waals surface area contributed by atoms with Crippen molar-refractivity contribution in [2.24, 2.45) is 5.73 Å². The lowest BCUT2D eigenvalue weighted by atomic mass is 10.4. The van der Waals surface area contributed by atoms with Crippen molar-refractivity contribution in [2.75, 3.05) is 26.2 Å². The van der Waals surface area contributed by atoms with E-state index in [1.54, 1.807) is 0 Å². The first-order valence-electron chi connectivity index (χ1n) is 4.49. The number of nitrogens with two attached hydrogens (primary N) is 1. The van der Waals surface area contributed by atoms with Crippen LogP contribution in [-0.2, 0) is 4.74 Å². The molecular weight excluding hydrogens is 170 g/mol. The number of hydrogen-bond donors (Lipinski definition) is 3. The molecule has 0 aliphatic heterocycles. The molecule has 0 radical (unpaired) electrons. The summed E-state index contributed by atoms with van der Waals surface area (Å²) in [7, 11) is 0. The molecule has 0 aromatic heterocycles.